The molecule has 3 heterocycles. The van der Waals surface area contributed by atoms with Crippen molar-refractivity contribution in [3.63, 3.8) is 0 Å². The van der Waals surface area contributed by atoms with Crippen molar-refractivity contribution in [1.82, 2.24) is 0 Å². The van der Waals surface area contributed by atoms with Crippen molar-refractivity contribution in [2.24, 2.45) is 5.73 Å². The van der Waals surface area contributed by atoms with E-state index in [0.29, 0.717) is 120 Å². The summed E-state index contributed by atoms with van der Waals surface area (Å²) in [4.78, 5) is 34.8. The first kappa shape index (κ1) is 83.4. The van der Waals surface area contributed by atoms with Crippen molar-refractivity contribution in [3.05, 3.63) is 260 Å². The van der Waals surface area contributed by atoms with Crippen LogP contribution in [0.3, 0.4) is 0 Å². The summed E-state index contributed by atoms with van der Waals surface area (Å²) in [6.45, 7) is 6.42. The van der Waals surface area contributed by atoms with Crippen LogP contribution in [0, 0.1) is 17.5 Å². The Morgan fingerprint density at radius 3 is 1.32 bits per heavy atom. The Balaban J connectivity index is 0.000000204. The molecule has 12 rings (SSSR count). The Labute approximate surface area is 635 Å². The number of rotatable bonds is 24. The van der Waals surface area contributed by atoms with Gasteiger partial charge in [0.05, 0.1) is 49.8 Å². The summed E-state index contributed by atoms with van der Waals surface area (Å²) in [7, 11) is -5.47. The number of aryl methyl sites for hydroxylation is 1. The van der Waals surface area contributed by atoms with Crippen molar-refractivity contribution in [1.29, 1.82) is 0 Å². The molecule has 0 saturated carbocycles. The summed E-state index contributed by atoms with van der Waals surface area (Å²) < 4.78 is 116. The zero-order valence-electron chi connectivity index (χ0n) is 57.8. The van der Waals surface area contributed by atoms with E-state index in [1.54, 1.807) is 147 Å². The van der Waals surface area contributed by atoms with Crippen molar-refractivity contribution in [2.75, 3.05) is 25.2 Å². The molecule has 0 bridgehead atoms. The average Bonchev–Trinajstić information content (AvgIpc) is 1.50. The van der Waals surface area contributed by atoms with Crippen LogP contribution in [0.25, 0.3) is 55.2 Å². The van der Waals surface area contributed by atoms with Gasteiger partial charge in [0.2, 0.25) is 0 Å². The SMILES string of the molecule is CCOC(=O)Cc1ccccc1OCc1cc(-c2cccc(N)c2F)c2cc(Cl)oc2c1.CCOC(=O)Cc1ccccc1OCc1cc(OS(C)(=O)=O)c2cc(Cl)oc2c1.CCc1cccc(B(O)O)c1F.NCc1cccc(-c2cc(COc3ccccc3CC(=O)O)cc3oc(Cl)cc23)c1F.[Li+].[OH-]. The third-order valence-electron chi connectivity index (χ3n) is 15.6. The van der Waals surface area contributed by atoms with Gasteiger partial charge in [0.15, 0.2) is 27.2 Å². The molecule has 0 radical (unpaired) electrons. The third-order valence-corrected chi connectivity index (χ3v) is 16.6. The summed E-state index contributed by atoms with van der Waals surface area (Å²) in [5.74, 6) is -1.39. The van der Waals surface area contributed by atoms with E-state index in [2.05, 4.69) is 0 Å². The van der Waals surface area contributed by atoms with E-state index >= 15 is 4.39 Å². The second-order valence-corrected chi connectivity index (χ2v) is 25.7. The molecule has 0 atom stereocenters. The van der Waals surface area contributed by atoms with E-state index in [9.17, 15) is 31.6 Å². The van der Waals surface area contributed by atoms with E-state index in [1.165, 1.54) is 18.2 Å². The van der Waals surface area contributed by atoms with Crippen LogP contribution in [-0.4, -0.2) is 73.5 Å². The second kappa shape index (κ2) is 38.9. The number of carbonyl (C=O) groups excluding carboxylic acids is 2. The number of fused-ring (bicyclic) bond motifs is 3. The van der Waals surface area contributed by atoms with E-state index < -0.39 is 40.7 Å². The molecule has 9 aromatic carbocycles. The first-order valence-electron chi connectivity index (χ1n) is 32.2. The minimum Gasteiger partial charge on any atom is -0.870 e. The molecule has 8 N–H and O–H groups in total. The number of ether oxygens (including phenoxy) is 5. The Morgan fingerprint density at radius 2 is 0.887 bits per heavy atom. The number of carboxylic acids is 1. The van der Waals surface area contributed by atoms with Crippen LogP contribution in [0.4, 0.5) is 18.9 Å². The summed E-state index contributed by atoms with van der Waals surface area (Å²) in [6, 6.07) is 51.0. The maximum absolute atomic E-state index is 15.0. The van der Waals surface area contributed by atoms with Gasteiger partial charge in [0, 0.05) is 74.4 Å². The zero-order chi connectivity index (χ0) is 74.8. The largest absolute Gasteiger partial charge is 1.00 e. The Hall–Kier alpha value is -9.88. The van der Waals surface area contributed by atoms with E-state index in [1.807, 2.05) is 37.3 Å². The van der Waals surface area contributed by atoms with Crippen LogP contribution in [0.15, 0.2) is 195 Å². The third kappa shape index (κ3) is 22.3. The molecule has 12 aromatic rings. The molecule has 0 amide bonds. The number of anilines is 1. The molecule has 3 aromatic heterocycles. The molecule has 106 heavy (non-hydrogen) atoms. The first-order valence-corrected chi connectivity index (χ1v) is 35.1. The van der Waals surface area contributed by atoms with Gasteiger partial charge in [-0.15, -0.1) is 0 Å². The number of nitrogens with two attached hydrogens (primary N) is 2. The van der Waals surface area contributed by atoms with E-state index in [0.717, 1.165) is 22.9 Å². The topological polar surface area (TPSA) is 323 Å². The van der Waals surface area contributed by atoms with Crippen LogP contribution in [0.1, 0.15) is 65.3 Å². The molecular weight excluding hydrogens is 1450 g/mol. The van der Waals surface area contributed by atoms with Gasteiger partial charge in [0.1, 0.15) is 65.5 Å². The van der Waals surface area contributed by atoms with Crippen LogP contribution < -0.4 is 54.2 Å². The van der Waals surface area contributed by atoms with Crippen molar-refractivity contribution >= 4 is 114 Å². The van der Waals surface area contributed by atoms with Crippen molar-refractivity contribution in [3.8, 4) is 45.3 Å². The Kier molecular flexibility index (Phi) is 30.6. The molecule has 0 saturated heterocycles. The molecule has 0 aliphatic rings. The van der Waals surface area contributed by atoms with Crippen molar-refractivity contribution < 1.29 is 117 Å². The number of carbonyl (C=O) groups is 3. The number of hydrogen-bond donors (Lipinski definition) is 5. The van der Waals surface area contributed by atoms with Gasteiger partial charge in [-0.1, -0.05) is 110 Å². The van der Waals surface area contributed by atoms with Gasteiger partial charge < -0.3 is 73.2 Å². The van der Waals surface area contributed by atoms with Crippen LogP contribution in [0.2, 0.25) is 15.7 Å². The molecular formula is C77H70BCl3F3LiN2O18S. The van der Waals surface area contributed by atoms with Crippen molar-refractivity contribution in [2.45, 2.75) is 72.8 Å². The van der Waals surface area contributed by atoms with Gasteiger partial charge >= 0.3 is 54.0 Å². The molecule has 0 aliphatic carbocycles. The quantitative estimate of drug-likeness (QED) is 0.0162. The summed E-state index contributed by atoms with van der Waals surface area (Å²) >= 11 is 18.0. The fourth-order valence-corrected chi connectivity index (χ4v) is 12.0. The molecule has 0 fully saturated rings. The minimum atomic E-state index is -3.75. The molecule has 20 nitrogen and oxygen atoms in total. The number of esters is 2. The smallest absolute Gasteiger partial charge is 0.870 e. The van der Waals surface area contributed by atoms with E-state index in [-0.39, 0.29) is 114 Å². The molecule has 0 spiro atoms. The van der Waals surface area contributed by atoms with Crippen LogP contribution >= 0.6 is 34.8 Å². The van der Waals surface area contributed by atoms with Gasteiger partial charge in [0.25, 0.3) is 0 Å². The molecule has 29 heteroatoms. The Bertz CT molecular complexity index is 5180. The minimum absolute atomic E-state index is 0. The van der Waals surface area contributed by atoms with Gasteiger partial charge in [-0.05, 0) is 149 Å². The average molecular weight is 1520 g/mol. The maximum atomic E-state index is 15.0. The number of benzene rings is 9. The summed E-state index contributed by atoms with van der Waals surface area (Å²) in [5, 5.41) is 28.9. The fourth-order valence-electron chi connectivity index (χ4n) is 10.9. The monoisotopic (exact) mass is 1520 g/mol. The predicted molar refractivity (Wildman–Crippen MR) is 394 cm³/mol. The van der Waals surface area contributed by atoms with Gasteiger partial charge in [-0.2, -0.15) is 8.42 Å². The number of aliphatic carboxylic acids is 1. The Morgan fingerprint density at radius 1 is 0.491 bits per heavy atom. The molecule has 0 unspecified atom stereocenters. The number of hydrogen-bond acceptors (Lipinski definition) is 19. The fraction of sp³-hybridized carbons (Fsp3) is 0.182. The van der Waals surface area contributed by atoms with Gasteiger partial charge in [-0.25, -0.2) is 13.2 Å². The number of halogens is 6. The number of para-hydroxylation sites is 3. The zero-order valence-corrected chi connectivity index (χ0v) is 60.9. The predicted octanol–water partition coefficient (Wildman–Crippen LogP) is 12.7. The normalized spacial score (nSPS) is 10.8. The first-order chi connectivity index (χ1) is 49.8. The summed E-state index contributed by atoms with van der Waals surface area (Å²) in [6.07, 6.45) is 1.54. The summed E-state index contributed by atoms with van der Waals surface area (Å²) in [5.41, 5.74) is 19.7. The molecule has 548 valence electrons. The second-order valence-electron chi connectivity index (χ2n) is 23.0. The van der Waals surface area contributed by atoms with Crippen LogP contribution in [0.5, 0.6) is 23.0 Å². The van der Waals surface area contributed by atoms with Gasteiger partial charge in [-0.3, -0.25) is 14.4 Å². The number of carboxylic acid groups (broad SMARTS) is 1. The maximum Gasteiger partial charge on any atom is 1.00 e. The number of furan rings is 3. The van der Waals surface area contributed by atoms with Crippen LogP contribution in [-0.2, 0) is 86.0 Å². The number of nitrogen functional groups attached to an aromatic ring is 1. The van der Waals surface area contributed by atoms with E-state index in [4.69, 9.17) is 103 Å². The molecule has 0 aliphatic heterocycles. The standard InChI is InChI=1S/C25H21ClFNO4.C24H19ClFNO4.C20H19ClO7S.C8H10BFO2.Li.H2O/c1-2-30-24(29)12-16-6-3-4-9-21(16)31-14-15-10-18(17-7-5-8-20(28)25(17)27)19-13-23(26)32-22(19)11-15;25-22-11-19-18(17-6-3-5-16(12-27)24(17)26)8-14(9-21(19)31-22)13-30-20-7-2-1-4-15(20)10-23(28)29;1-3-25-20(22)10-14-6-4-5-7-16(14)26-12-13-8-17-15(11-19(21)27-17)18(9-13)28-29(2,23)24;1-2-6-4-3-5-7(8(6)10)9(11)12;;/h3-11,13H,2,12,14,28H2,1H3;1-9,11H,10,12-13,27H2,(H,28,29);4-9,11H,3,10,12H2,1-2H3;3-5,11-12H,2H2,1H3;;1H2/q;;;;+1;/p-1.